The zero-order valence-corrected chi connectivity index (χ0v) is 18.5. The summed E-state index contributed by atoms with van der Waals surface area (Å²) in [5.41, 5.74) is 1.44. The lowest BCUT2D eigenvalue weighted by atomic mass is 9.93. The van der Waals surface area contributed by atoms with Crippen LogP contribution >= 0.6 is 0 Å². The standard InChI is InChI=1S/C22H28N4O4S/c1-31(29,30)19-15-23-22(26-10-2-3-11-26)24-21(19)17-8-12-25(13-9-17)20(28)14-16-4-6-18(27)7-5-16/h4-7,15,17,27H,2-3,8-14H2,1H3. The molecule has 2 fully saturated rings. The fourth-order valence-corrected chi connectivity index (χ4v) is 5.16. The molecule has 0 atom stereocenters. The van der Waals surface area contributed by atoms with Crippen molar-refractivity contribution < 1.29 is 18.3 Å². The molecule has 0 unspecified atom stereocenters. The number of hydrogen-bond donors (Lipinski definition) is 1. The molecule has 1 aromatic heterocycles. The van der Waals surface area contributed by atoms with Crippen molar-refractivity contribution in [3.63, 3.8) is 0 Å². The van der Waals surface area contributed by atoms with Crippen LogP contribution in [0.3, 0.4) is 0 Å². The van der Waals surface area contributed by atoms with Gasteiger partial charge in [-0.15, -0.1) is 0 Å². The van der Waals surface area contributed by atoms with Crippen molar-refractivity contribution in [1.82, 2.24) is 14.9 Å². The van der Waals surface area contributed by atoms with Crippen molar-refractivity contribution in [1.29, 1.82) is 0 Å². The van der Waals surface area contributed by atoms with Gasteiger partial charge in [-0.3, -0.25) is 4.79 Å². The van der Waals surface area contributed by atoms with Gasteiger partial charge >= 0.3 is 0 Å². The monoisotopic (exact) mass is 444 g/mol. The summed E-state index contributed by atoms with van der Waals surface area (Å²) in [5, 5.41) is 9.39. The van der Waals surface area contributed by atoms with Gasteiger partial charge in [0, 0.05) is 38.4 Å². The molecule has 0 saturated carbocycles. The minimum atomic E-state index is -3.44. The Kier molecular flexibility index (Phi) is 6.13. The number of aromatic nitrogens is 2. The van der Waals surface area contributed by atoms with Crippen LogP contribution in [0.4, 0.5) is 5.95 Å². The van der Waals surface area contributed by atoms with Crippen molar-refractivity contribution in [2.45, 2.75) is 42.9 Å². The third-order valence-corrected chi connectivity index (χ3v) is 7.20. The highest BCUT2D eigenvalue weighted by atomic mass is 32.2. The Bertz CT molecular complexity index is 1040. The van der Waals surface area contributed by atoms with Crippen molar-refractivity contribution in [3.8, 4) is 5.75 Å². The minimum Gasteiger partial charge on any atom is -0.508 e. The van der Waals surface area contributed by atoms with Crippen LogP contribution in [0.25, 0.3) is 0 Å². The number of likely N-dealkylation sites (tertiary alicyclic amines) is 1. The zero-order valence-electron chi connectivity index (χ0n) is 17.7. The summed E-state index contributed by atoms with van der Waals surface area (Å²) >= 11 is 0. The fourth-order valence-electron chi connectivity index (χ4n) is 4.32. The normalized spacial score (nSPS) is 17.8. The van der Waals surface area contributed by atoms with Crippen molar-refractivity contribution in [2.75, 3.05) is 37.3 Å². The van der Waals surface area contributed by atoms with Gasteiger partial charge in [-0.1, -0.05) is 12.1 Å². The van der Waals surface area contributed by atoms with Gasteiger partial charge in [-0.2, -0.15) is 0 Å². The summed E-state index contributed by atoms with van der Waals surface area (Å²) in [6, 6.07) is 6.65. The largest absolute Gasteiger partial charge is 0.508 e. The Balaban J connectivity index is 1.47. The molecule has 4 rings (SSSR count). The summed E-state index contributed by atoms with van der Waals surface area (Å²) in [6.07, 6.45) is 6.45. The molecule has 1 aromatic carbocycles. The number of carbonyl (C=O) groups excluding carboxylic acids is 1. The average Bonchev–Trinajstić information content (AvgIpc) is 3.29. The van der Waals surface area contributed by atoms with E-state index in [0.717, 1.165) is 31.5 Å². The van der Waals surface area contributed by atoms with E-state index in [4.69, 9.17) is 4.98 Å². The Morgan fingerprint density at radius 3 is 2.35 bits per heavy atom. The maximum absolute atomic E-state index is 12.7. The van der Waals surface area contributed by atoms with Crippen LogP contribution in [0.2, 0.25) is 0 Å². The average molecular weight is 445 g/mol. The van der Waals surface area contributed by atoms with E-state index in [9.17, 15) is 18.3 Å². The molecule has 0 spiro atoms. The number of hydrogen-bond acceptors (Lipinski definition) is 7. The molecule has 3 heterocycles. The molecule has 0 radical (unpaired) electrons. The minimum absolute atomic E-state index is 0.0215. The first-order valence-corrected chi connectivity index (χ1v) is 12.6. The highest BCUT2D eigenvalue weighted by molar-refractivity contribution is 7.90. The van der Waals surface area contributed by atoms with E-state index >= 15 is 0 Å². The molecule has 0 aliphatic carbocycles. The molecule has 2 aliphatic rings. The molecule has 2 saturated heterocycles. The third kappa shape index (κ3) is 4.98. The quantitative estimate of drug-likeness (QED) is 0.753. The maximum atomic E-state index is 12.7. The summed E-state index contributed by atoms with van der Waals surface area (Å²) in [4.78, 5) is 25.8. The Morgan fingerprint density at radius 2 is 1.74 bits per heavy atom. The highest BCUT2D eigenvalue weighted by Gasteiger charge is 2.30. The van der Waals surface area contributed by atoms with Gasteiger partial charge in [0.25, 0.3) is 0 Å². The summed E-state index contributed by atoms with van der Waals surface area (Å²) in [7, 11) is -3.44. The lowest BCUT2D eigenvalue weighted by molar-refractivity contribution is -0.131. The number of rotatable bonds is 5. The lowest BCUT2D eigenvalue weighted by Crippen LogP contribution is -2.39. The van der Waals surface area contributed by atoms with Gasteiger partial charge in [0.1, 0.15) is 10.6 Å². The maximum Gasteiger partial charge on any atom is 0.226 e. The van der Waals surface area contributed by atoms with Crippen molar-refractivity contribution in [3.05, 3.63) is 41.7 Å². The number of anilines is 1. The second kappa shape index (κ2) is 8.82. The third-order valence-electron chi connectivity index (χ3n) is 6.08. The fraction of sp³-hybridized carbons (Fsp3) is 0.500. The lowest BCUT2D eigenvalue weighted by Gasteiger charge is -2.32. The molecular formula is C22H28N4O4S. The number of phenolic OH excluding ortho intramolecular Hbond substituents is 1. The first-order chi connectivity index (χ1) is 14.8. The SMILES string of the molecule is CS(=O)(=O)c1cnc(N2CCCC2)nc1C1CCN(C(=O)Cc2ccc(O)cc2)CC1. The smallest absolute Gasteiger partial charge is 0.226 e. The van der Waals surface area contributed by atoms with Gasteiger partial charge in [-0.25, -0.2) is 18.4 Å². The second-order valence-electron chi connectivity index (χ2n) is 8.38. The molecule has 1 amide bonds. The van der Waals surface area contributed by atoms with E-state index in [0.29, 0.717) is 37.6 Å². The predicted molar refractivity (Wildman–Crippen MR) is 117 cm³/mol. The number of piperidine rings is 1. The highest BCUT2D eigenvalue weighted by Crippen LogP contribution is 2.32. The first kappa shape index (κ1) is 21.5. The second-order valence-corrected chi connectivity index (χ2v) is 10.4. The number of aromatic hydroxyl groups is 1. The van der Waals surface area contributed by atoms with Crippen molar-refractivity contribution >= 4 is 21.7 Å². The van der Waals surface area contributed by atoms with Crippen LogP contribution in [0.1, 0.15) is 42.9 Å². The number of sulfone groups is 1. The van der Waals surface area contributed by atoms with Crippen LogP contribution < -0.4 is 4.90 Å². The molecule has 9 heteroatoms. The number of carbonyl (C=O) groups is 1. The molecule has 31 heavy (non-hydrogen) atoms. The molecule has 8 nitrogen and oxygen atoms in total. The van der Waals surface area contributed by atoms with Crippen LogP contribution in [-0.4, -0.2) is 66.7 Å². The van der Waals surface area contributed by atoms with Gasteiger partial charge in [-0.05, 0) is 43.4 Å². The van der Waals surface area contributed by atoms with E-state index in [1.807, 2.05) is 4.90 Å². The van der Waals surface area contributed by atoms with Gasteiger partial charge in [0.2, 0.25) is 11.9 Å². The molecule has 2 aliphatic heterocycles. The summed E-state index contributed by atoms with van der Waals surface area (Å²) in [6.45, 7) is 2.91. The molecule has 2 aromatic rings. The molecule has 0 bridgehead atoms. The van der Waals surface area contributed by atoms with Crippen LogP contribution in [0.5, 0.6) is 5.75 Å². The van der Waals surface area contributed by atoms with E-state index in [1.54, 1.807) is 24.3 Å². The van der Waals surface area contributed by atoms with Crippen LogP contribution in [0, 0.1) is 0 Å². The topological polar surface area (TPSA) is 104 Å². The Labute approximate surface area is 182 Å². The van der Waals surface area contributed by atoms with Gasteiger partial charge < -0.3 is 14.9 Å². The molecule has 1 N–H and O–H groups in total. The van der Waals surface area contributed by atoms with Gasteiger partial charge in [0.05, 0.1) is 18.3 Å². The van der Waals surface area contributed by atoms with Crippen LogP contribution in [-0.2, 0) is 21.1 Å². The molecule has 166 valence electrons. The number of amides is 1. The van der Waals surface area contributed by atoms with E-state index < -0.39 is 9.84 Å². The molecular weight excluding hydrogens is 416 g/mol. The van der Waals surface area contributed by atoms with E-state index in [1.165, 1.54) is 12.5 Å². The Hall–Kier alpha value is -2.68. The number of benzene rings is 1. The Morgan fingerprint density at radius 1 is 1.10 bits per heavy atom. The van der Waals surface area contributed by atoms with Crippen LogP contribution in [0.15, 0.2) is 35.4 Å². The number of nitrogens with zero attached hydrogens (tertiary/aromatic N) is 4. The first-order valence-electron chi connectivity index (χ1n) is 10.7. The van der Waals surface area contributed by atoms with E-state index in [-0.39, 0.29) is 28.9 Å². The van der Waals surface area contributed by atoms with Crippen molar-refractivity contribution in [2.24, 2.45) is 0 Å². The summed E-state index contributed by atoms with van der Waals surface area (Å²) in [5.74, 6) is 0.794. The predicted octanol–water partition coefficient (Wildman–Crippen LogP) is 2.13. The number of phenols is 1. The zero-order chi connectivity index (χ0) is 22.0. The summed E-state index contributed by atoms with van der Waals surface area (Å²) < 4.78 is 24.7. The van der Waals surface area contributed by atoms with E-state index in [2.05, 4.69) is 9.88 Å². The van der Waals surface area contributed by atoms with Gasteiger partial charge in [0.15, 0.2) is 9.84 Å².